The van der Waals surface area contributed by atoms with Crippen molar-refractivity contribution in [1.29, 1.82) is 0 Å². The monoisotopic (exact) mass is 734 g/mol. The summed E-state index contributed by atoms with van der Waals surface area (Å²) >= 11 is 6.44. The van der Waals surface area contributed by atoms with E-state index in [9.17, 15) is 21.6 Å². The number of halogens is 1. The van der Waals surface area contributed by atoms with Crippen molar-refractivity contribution < 1.29 is 31.1 Å². The molecule has 1 fully saturated rings. The number of amides is 1. The Bertz CT molecular complexity index is 1790. The van der Waals surface area contributed by atoms with Crippen molar-refractivity contribution in [3.05, 3.63) is 70.3 Å². The summed E-state index contributed by atoms with van der Waals surface area (Å²) in [4.78, 5) is 15.6. The van der Waals surface area contributed by atoms with E-state index >= 15 is 0 Å². The summed E-state index contributed by atoms with van der Waals surface area (Å²) in [6.07, 6.45) is 9.21. The molecular formula is C37H51ClN2O7S2. The van der Waals surface area contributed by atoms with Gasteiger partial charge in [0.15, 0.2) is 9.84 Å². The van der Waals surface area contributed by atoms with Gasteiger partial charge in [-0.2, -0.15) is 0 Å². The van der Waals surface area contributed by atoms with Crippen LogP contribution >= 0.6 is 11.6 Å². The van der Waals surface area contributed by atoms with Crippen molar-refractivity contribution in [3.63, 3.8) is 0 Å². The molecule has 9 nitrogen and oxygen atoms in total. The van der Waals surface area contributed by atoms with Crippen molar-refractivity contribution in [2.24, 2.45) is 11.8 Å². The fraction of sp³-hybridized carbons (Fsp3) is 0.595. The second-order valence-electron chi connectivity index (χ2n) is 14.6. The number of rotatable bonds is 12. The fourth-order valence-corrected chi connectivity index (χ4v) is 9.83. The number of carbonyl (C=O) groups excluding carboxylic acids is 1. The average Bonchev–Trinajstić information content (AvgIpc) is 3.18. The molecular weight excluding hydrogens is 684 g/mol. The first-order valence-electron chi connectivity index (χ1n) is 17.4. The third-order valence-electron chi connectivity index (χ3n) is 10.8. The number of carbonyl (C=O) groups is 1. The van der Waals surface area contributed by atoms with Crippen LogP contribution in [0, 0.1) is 11.8 Å². The van der Waals surface area contributed by atoms with E-state index in [-0.39, 0.29) is 28.6 Å². The van der Waals surface area contributed by atoms with Crippen LogP contribution < -0.4 is 14.4 Å². The number of methoxy groups -OCH3 is 1. The molecule has 0 saturated heterocycles. The highest BCUT2D eigenvalue weighted by Crippen LogP contribution is 2.49. The summed E-state index contributed by atoms with van der Waals surface area (Å²) in [6.45, 7) is 10.1. The zero-order valence-corrected chi connectivity index (χ0v) is 31.9. The number of hydrogen-bond acceptors (Lipinski definition) is 8. The number of allylic oxidation sites excluding steroid dienone is 1. The van der Waals surface area contributed by atoms with Gasteiger partial charge in [-0.3, -0.25) is 4.79 Å². The van der Waals surface area contributed by atoms with Crippen molar-refractivity contribution >= 4 is 43.1 Å². The molecule has 270 valence electrons. The number of nitrogens with zero attached hydrogens (tertiary/aromatic N) is 1. The molecule has 49 heavy (non-hydrogen) atoms. The number of sulfone groups is 1. The minimum Gasteiger partial charge on any atom is -0.490 e. The average molecular weight is 735 g/mol. The number of ether oxygens (including phenoxy) is 2. The molecule has 2 aromatic carbocycles. The van der Waals surface area contributed by atoms with Crippen molar-refractivity contribution in [1.82, 2.24) is 4.72 Å². The van der Waals surface area contributed by atoms with E-state index in [1.807, 2.05) is 31.2 Å². The molecule has 2 aromatic rings. The molecule has 1 aliphatic heterocycles. The Morgan fingerprint density at radius 1 is 1.12 bits per heavy atom. The molecule has 12 heteroatoms. The number of hydrogen-bond donors (Lipinski definition) is 1. The van der Waals surface area contributed by atoms with Crippen LogP contribution in [-0.2, 0) is 36.4 Å². The second kappa shape index (κ2) is 14.6. The van der Waals surface area contributed by atoms with Crippen molar-refractivity contribution in [2.45, 2.75) is 94.7 Å². The summed E-state index contributed by atoms with van der Waals surface area (Å²) < 4.78 is 66.9. The van der Waals surface area contributed by atoms with Gasteiger partial charge in [-0.1, -0.05) is 36.7 Å². The molecule has 3 aliphatic rings. The van der Waals surface area contributed by atoms with E-state index < -0.39 is 41.9 Å². The Kier molecular flexibility index (Phi) is 11.2. The van der Waals surface area contributed by atoms with Crippen LogP contribution in [0.1, 0.15) is 88.2 Å². The Balaban J connectivity index is 1.56. The van der Waals surface area contributed by atoms with Crippen LogP contribution in [0.4, 0.5) is 5.69 Å². The minimum atomic E-state index is -3.84. The molecule has 1 spiro atoms. The molecule has 1 heterocycles. The zero-order valence-electron chi connectivity index (χ0n) is 29.5. The lowest BCUT2D eigenvalue weighted by Gasteiger charge is -2.50. The lowest BCUT2D eigenvalue weighted by Crippen LogP contribution is -2.55. The van der Waals surface area contributed by atoms with Gasteiger partial charge in [0, 0.05) is 36.2 Å². The van der Waals surface area contributed by atoms with Gasteiger partial charge in [-0.15, -0.1) is 0 Å². The standard InChI is InChI=1S/C37H51ClN2O7S2/c1-7-8-18-37(46-6,24-48(42,43)25(2)3)32-14-11-29(32)21-40-22-36(17-9-10-27-19-30(38)13-15-31(27)36)23-47-34-16-12-28(20-33(34)40)35(41)39-49(44,45)26(4)5/h8,12-13,15-16,18-20,25-26,29,32H,7,9-11,14,17,21-24H2,1-6H3,(H,39,41)/b18-8+/t29-,32+,36-,37-/m0/s1. The van der Waals surface area contributed by atoms with Crippen LogP contribution in [0.3, 0.4) is 0 Å². The maximum atomic E-state index is 13.4. The quantitative estimate of drug-likeness (QED) is 0.246. The summed E-state index contributed by atoms with van der Waals surface area (Å²) in [7, 11) is -5.67. The molecule has 1 saturated carbocycles. The summed E-state index contributed by atoms with van der Waals surface area (Å²) in [5, 5.41) is -0.606. The van der Waals surface area contributed by atoms with E-state index in [1.54, 1.807) is 39.2 Å². The molecule has 1 amide bonds. The van der Waals surface area contributed by atoms with Crippen LogP contribution in [-0.4, -0.2) is 71.4 Å². The van der Waals surface area contributed by atoms with Crippen LogP contribution in [0.25, 0.3) is 0 Å². The Morgan fingerprint density at radius 2 is 1.88 bits per heavy atom. The Morgan fingerprint density at radius 3 is 2.51 bits per heavy atom. The third-order valence-corrected chi connectivity index (χ3v) is 15.1. The first kappa shape index (κ1) is 37.7. The van der Waals surface area contributed by atoms with Crippen LogP contribution in [0.5, 0.6) is 5.75 Å². The lowest BCUT2D eigenvalue weighted by atomic mass is 9.64. The zero-order chi connectivity index (χ0) is 35.8. The predicted octanol–water partition coefficient (Wildman–Crippen LogP) is 6.48. The van der Waals surface area contributed by atoms with Gasteiger partial charge in [0.05, 0.1) is 28.5 Å². The van der Waals surface area contributed by atoms with Gasteiger partial charge in [0.25, 0.3) is 5.91 Å². The Hall–Kier alpha value is -2.60. The summed E-state index contributed by atoms with van der Waals surface area (Å²) in [5.41, 5.74) is 1.99. The van der Waals surface area contributed by atoms with E-state index in [2.05, 4.69) is 15.7 Å². The first-order chi connectivity index (χ1) is 23.1. The smallest absolute Gasteiger partial charge is 0.264 e. The fourth-order valence-electron chi connectivity index (χ4n) is 7.63. The van der Waals surface area contributed by atoms with E-state index in [4.69, 9.17) is 21.1 Å². The van der Waals surface area contributed by atoms with E-state index in [0.29, 0.717) is 36.2 Å². The summed E-state index contributed by atoms with van der Waals surface area (Å²) in [6, 6.07) is 11.2. The second-order valence-corrected chi connectivity index (χ2v) is 19.8. The van der Waals surface area contributed by atoms with Crippen molar-refractivity contribution in [3.8, 4) is 5.75 Å². The van der Waals surface area contributed by atoms with E-state index in [1.165, 1.54) is 25.0 Å². The number of nitrogens with one attached hydrogen (secondary N) is 1. The molecule has 4 atom stereocenters. The SMILES string of the molecule is CC/C=C/[C@@](CS(=O)(=O)C(C)C)(OC)[C@@H]1CC[C@H]1CN1C[C@@]2(CCCc3cc(Cl)ccc32)COc2ccc(C(=O)NS(=O)(=O)C(C)C)cc21. The molecule has 1 N–H and O–H groups in total. The number of aryl methyl sites for hydroxylation is 1. The van der Waals surface area contributed by atoms with Gasteiger partial charge < -0.3 is 14.4 Å². The van der Waals surface area contributed by atoms with Crippen LogP contribution in [0.15, 0.2) is 48.6 Å². The molecule has 0 radical (unpaired) electrons. The van der Waals surface area contributed by atoms with Crippen LogP contribution in [0.2, 0.25) is 5.02 Å². The lowest BCUT2D eigenvalue weighted by molar-refractivity contribution is -0.0597. The number of fused-ring (bicyclic) bond motifs is 3. The van der Waals surface area contributed by atoms with Crippen molar-refractivity contribution in [2.75, 3.05) is 37.5 Å². The molecule has 0 aromatic heterocycles. The molecule has 0 unspecified atom stereocenters. The van der Waals surface area contributed by atoms with Gasteiger partial charge in [-0.05, 0) is 120 Å². The minimum absolute atomic E-state index is 0.0579. The molecule has 2 aliphatic carbocycles. The predicted molar refractivity (Wildman–Crippen MR) is 196 cm³/mol. The maximum absolute atomic E-state index is 13.4. The largest absolute Gasteiger partial charge is 0.490 e. The third kappa shape index (κ3) is 7.70. The molecule has 0 bridgehead atoms. The number of anilines is 1. The van der Waals surface area contributed by atoms with Gasteiger partial charge in [0.2, 0.25) is 10.0 Å². The van der Waals surface area contributed by atoms with Gasteiger partial charge in [-0.25, -0.2) is 21.6 Å². The highest BCUT2D eigenvalue weighted by molar-refractivity contribution is 7.92. The first-order valence-corrected chi connectivity index (χ1v) is 21.0. The van der Waals surface area contributed by atoms with Gasteiger partial charge >= 0.3 is 0 Å². The van der Waals surface area contributed by atoms with Gasteiger partial charge in [0.1, 0.15) is 11.4 Å². The summed E-state index contributed by atoms with van der Waals surface area (Å²) in [5.74, 6) is -0.158. The van der Waals surface area contributed by atoms with E-state index in [0.717, 1.165) is 38.5 Å². The topological polar surface area (TPSA) is 119 Å². The number of sulfonamides is 1. The normalized spacial score (nSPS) is 23.8. The highest BCUT2D eigenvalue weighted by Gasteiger charge is 2.51. The molecule has 5 rings (SSSR count). The number of benzene rings is 2. The highest BCUT2D eigenvalue weighted by atomic mass is 35.5. The Labute approximate surface area is 297 Å². The maximum Gasteiger partial charge on any atom is 0.264 e.